The van der Waals surface area contributed by atoms with Crippen molar-refractivity contribution in [1.82, 2.24) is 10.3 Å². The summed E-state index contributed by atoms with van der Waals surface area (Å²) in [4.78, 5) is 3.17. The zero-order valence-electron chi connectivity index (χ0n) is 8.46. The van der Waals surface area contributed by atoms with Crippen molar-refractivity contribution in [1.29, 1.82) is 0 Å². The van der Waals surface area contributed by atoms with Gasteiger partial charge in [-0.05, 0) is 37.9 Å². The van der Waals surface area contributed by atoms with E-state index >= 15 is 0 Å². The van der Waals surface area contributed by atoms with Crippen LogP contribution in [0.1, 0.15) is 25.0 Å². The fourth-order valence-electron chi connectivity index (χ4n) is 1.84. The Labute approximate surface area is 84.9 Å². The third-order valence-corrected chi connectivity index (χ3v) is 2.64. The molecule has 0 aliphatic carbocycles. The van der Waals surface area contributed by atoms with Gasteiger partial charge in [0.25, 0.3) is 0 Å². The van der Waals surface area contributed by atoms with E-state index < -0.39 is 0 Å². The minimum atomic E-state index is 0.506. The van der Waals surface area contributed by atoms with Crippen LogP contribution >= 0.6 is 0 Å². The van der Waals surface area contributed by atoms with Crippen molar-refractivity contribution in [3.63, 3.8) is 0 Å². The van der Waals surface area contributed by atoms with E-state index in [1.807, 2.05) is 12.3 Å². The first kappa shape index (κ1) is 9.74. The molecule has 0 saturated carbocycles. The Bertz CT molecular complexity index is 240. The Balaban J connectivity index is 1.55. The van der Waals surface area contributed by atoms with Crippen LogP contribution in [0.3, 0.4) is 0 Å². The van der Waals surface area contributed by atoms with Crippen molar-refractivity contribution in [2.45, 2.75) is 31.9 Å². The minimum absolute atomic E-state index is 0.506. The summed E-state index contributed by atoms with van der Waals surface area (Å²) in [7, 11) is 0. The van der Waals surface area contributed by atoms with E-state index in [1.165, 1.54) is 18.5 Å². The lowest BCUT2D eigenvalue weighted by Gasteiger charge is -2.09. The summed E-state index contributed by atoms with van der Waals surface area (Å²) in [6.07, 6.45) is 6.08. The van der Waals surface area contributed by atoms with Gasteiger partial charge >= 0.3 is 0 Å². The smallest absolute Gasteiger partial charge is 0.0588 e. The second-order valence-electron chi connectivity index (χ2n) is 3.80. The number of aromatic nitrogens is 1. The normalized spacial score (nSPS) is 21.6. The molecule has 1 aromatic heterocycles. The predicted octanol–water partition coefficient (Wildman–Crippen LogP) is 1.67. The van der Waals surface area contributed by atoms with Gasteiger partial charge in [0.05, 0.1) is 6.10 Å². The molecule has 0 amide bonds. The molecule has 0 radical (unpaired) electrons. The fourth-order valence-corrected chi connectivity index (χ4v) is 1.84. The fraction of sp³-hybridized carbons (Fsp3) is 0.636. The molecule has 3 heteroatoms. The lowest BCUT2D eigenvalue weighted by molar-refractivity contribution is 0.104. The maximum atomic E-state index is 5.54. The zero-order valence-corrected chi connectivity index (χ0v) is 8.46. The summed E-state index contributed by atoms with van der Waals surface area (Å²) in [6, 6.07) is 4.12. The van der Waals surface area contributed by atoms with Gasteiger partial charge in [-0.1, -0.05) is 0 Å². The summed E-state index contributed by atoms with van der Waals surface area (Å²) in [5.41, 5.74) is 1.25. The number of aromatic amines is 1. The topological polar surface area (TPSA) is 37.0 Å². The van der Waals surface area contributed by atoms with Crippen LogP contribution in [0.5, 0.6) is 0 Å². The molecule has 1 aromatic rings. The van der Waals surface area contributed by atoms with Gasteiger partial charge in [-0.2, -0.15) is 0 Å². The maximum Gasteiger partial charge on any atom is 0.0588 e. The SMILES string of the molecule is c1c[nH]c(CNCCC2CCCO2)c1. The van der Waals surface area contributed by atoms with Crippen LogP contribution in [-0.4, -0.2) is 24.2 Å². The average molecular weight is 194 g/mol. The molecule has 1 saturated heterocycles. The van der Waals surface area contributed by atoms with Crippen LogP contribution in [-0.2, 0) is 11.3 Å². The second-order valence-corrected chi connectivity index (χ2v) is 3.80. The molecule has 0 bridgehead atoms. The van der Waals surface area contributed by atoms with E-state index in [0.29, 0.717) is 6.10 Å². The highest BCUT2D eigenvalue weighted by molar-refractivity contribution is 5.02. The Hall–Kier alpha value is -0.800. The van der Waals surface area contributed by atoms with Gasteiger partial charge in [0.15, 0.2) is 0 Å². The third kappa shape index (κ3) is 2.86. The van der Waals surface area contributed by atoms with E-state index in [4.69, 9.17) is 4.74 Å². The molecule has 1 aliphatic heterocycles. The molecular weight excluding hydrogens is 176 g/mol. The predicted molar refractivity (Wildman–Crippen MR) is 56.1 cm³/mol. The van der Waals surface area contributed by atoms with Crippen molar-refractivity contribution < 1.29 is 4.74 Å². The number of nitrogens with one attached hydrogen (secondary N) is 2. The number of hydrogen-bond donors (Lipinski definition) is 2. The maximum absolute atomic E-state index is 5.54. The molecule has 0 spiro atoms. The van der Waals surface area contributed by atoms with Crippen molar-refractivity contribution >= 4 is 0 Å². The monoisotopic (exact) mass is 194 g/mol. The second kappa shape index (κ2) is 5.17. The highest BCUT2D eigenvalue weighted by Gasteiger charge is 2.14. The first-order valence-electron chi connectivity index (χ1n) is 5.40. The zero-order chi connectivity index (χ0) is 9.64. The summed E-state index contributed by atoms with van der Waals surface area (Å²) in [6.45, 7) is 2.94. The molecule has 1 unspecified atom stereocenters. The molecule has 1 aliphatic rings. The first-order chi connectivity index (χ1) is 6.95. The van der Waals surface area contributed by atoms with Gasteiger partial charge in [-0.25, -0.2) is 0 Å². The van der Waals surface area contributed by atoms with E-state index in [-0.39, 0.29) is 0 Å². The minimum Gasteiger partial charge on any atom is -0.378 e. The standard InChI is InChI=1S/C11H18N2O/c1-3-10(13-6-1)9-12-7-5-11-4-2-8-14-11/h1,3,6,11-13H,2,4-5,7-9H2. The van der Waals surface area contributed by atoms with Crippen molar-refractivity contribution in [2.75, 3.05) is 13.2 Å². The number of ether oxygens (including phenoxy) is 1. The summed E-state index contributed by atoms with van der Waals surface area (Å²) in [5, 5.41) is 3.40. The van der Waals surface area contributed by atoms with E-state index in [1.54, 1.807) is 0 Å². The van der Waals surface area contributed by atoms with E-state index in [9.17, 15) is 0 Å². The van der Waals surface area contributed by atoms with E-state index in [2.05, 4.69) is 16.4 Å². The van der Waals surface area contributed by atoms with Crippen molar-refractivity contribution in [3.8, 4) is 0 Å². The molecule has 14 heavy (non-hydrogen) atoms. The summed E-state index contributed by atoms with van der Waals surface area (Å²) >= 11 is 0. The Kier molecular flexibility index (Phi) is 3.60. The van der Waals surface area contributed by atoms with E-state index in [0.717, 1.165) is 26.1 Å². The summed E-state index contributed by atoms with van der Waals surface area (Å²) < 4.78 is 5.54. The van der Waals surface area contributed by atoms with Crippen LogP contribution < -0.4 is 5.32 Å². The Morgan fingerprint density at radius 3 is 3.29 bits per heavy atom. The molecule has 3 nitrogen and oxygen atoms in total. The molecule has 1 atom stereocenters. The van der Waals surface area contributed by atoms with Crippen molar-refractivity contribution in [3.05, 3.63) is 24.0 Å². The van der Waals surface area contributed by atoms with Gasteiger partial charge < -0.3 is 15.0 Å². The number of hydrogen-bond acceptors (Lipinski definition) is 2. The first-order valence-corrected chi connectivity index (χ1v) is 5.40. The molecule has 0 aromatic carbocycles. The third-order valence-electron chi connectivity index (χ3n) is 2.64. The molecule has 2 rings (SSSR count). The van der Waals surface area contributed by atoms with Crippen molar-refractivity contribution in [2.24, 2.45) is 0 Å². The molecule has 1 fully saturated rings. The lowest BCUT2D eigenvalue weighted by Crippen LogP contribution is -2.19. The van der Waals surface area contributed by atoms with Gasteiger partial charge in [0.2, 0.25) is 0 Å². The highest BCUT2D eigenvalue weighted by Crippen LogP contribution is 2.14. The van der Waals surface area contributed by atoms with Crippen LogP contribution in [0.2, 0.25) is 0 Å². The molecular formula is C11H18N2O. The number of rotatable bonds is 5. The van der Waals surface area contributed by atoms with Gasteiger partial charge in [0, 0.05) is 25.0 Å². The lowest BCUT2D eigenvalue weighted by atomic mass is 10.2. The van der Waals surface area contributed by atoms with Gasteiger partial charge in [-0.15, -0.1) is 0 Å². The van der Waals surface area contributed by atoms with Crippen LogP contribution in [0.15, 0.2) is 18.3 Å². The molecule has 2 N–H and O–H groups in total. The molecule has 78 valence electrons. The Morgan fingerprint density at radius 1 is 1.57 bits per heavy atom. The summed E-state index contributed by atoms with van der Waals surface area (Å²) in [5.74, 6) is 0. The largest absolute Gasteiger partial charge is 0.378 e. The van der Waals surface area contributed by atoms with Crippen LogP contribution in [0.4, 0.5) is 0 Å². The van der Waals surface area contributed by atoms with Gasteiger partial charge in [-0.3, -0.25) is 0 Å². The number of H-pyrrole nitrogens is 1. The van der Waals surface area contributed by atoms with Crippen LogP contribution in [0, 0.1) is 0 Å². The quantitative estimate of drug-likeness (QED) is 0.700. The molecule has 2 heterocycles. The Morgan fingerprint density at radius 2 is 2.57 bits per heavy atom. The van der Waals surface area contributed by atoms with Crippen LogP contribution in [0.25, 0.3) is 0 Å². The highest BCUT2D eigenvalue weighted by atomic mass is 16.5. The van der Waals surface area contributed by atoms with Gasteiger partial charge in [0.1, 0.15) is 0 Å². The average Bonchev–Trinajstić information content (AvgIpc) is 2.86.